The van der Waals surface area contributed by atoms with Gasteiger partial charge in [-0.05, 0) is 12.1 Å². The third-order valence-electron chi connectivity index (χ3n) is 2.38. The Labute approximate surface area is 109 Å². The van der Waals surface area contributed by atoms with E-state index in [4.69, 9.17) is 4.42 Å². The van der Waals surface area contributed by atoms with Crippen LogP contribution >= 0.6 is 0 Å². The number of carbonyl (C=O) groups excluding carboxylic acids is 2. The van der Waals surface area contributed by atoms with Crippen LogP contribution in [0.25, 0.3) is 11.5 Å². The van der Waals surface area contributed by atoms with Crippen molar-refractivity contribution >= 4 is 11.9 Å². The van der Waals surface area contributed by atoms with Gasteiger partial charge < -0.3 is 14.5 Å². The highest BCUT2D eigenvalue weighted by Gasteiger charge is 2.14. The van der Waals surface area contributed by atoms with E-state index in [0.29, 0.717) is 5.89 Å². The van der Waals surface area contributed by atoms with Crippen molar-refractivity contribution in [3.63, 3.8) is 0 Å². The number of amides is 1. The number of rotatable bonds is 4. The fraction of sp³-hybridized carbons (Fsp3) is 0.154. The Kier molecular flexibility index (Phi) is 3.92. The number of hydrogen-bond acceptors (Lipinski definition) is 5. The summed E-state index contributed by atoms with van der Waals surface area (Å²) in [6.45, 7) is -0.205. The van der Waals surface area contributed by atoms with Crippen molar-refractivity contribution in [2.24, 2.45) is 0 Å². The molecule has 19 heavy (non-hydrogen) atoms. The quantitative estimate of drug-likeness (QED) is 0.836. The van der Waals surface area contributed by atoms with Crippen LogP contribution in [0, 0.1) is 0 Å². The molecular formula is C13H12N2O4. The van der Waals surface area contributed by atoms with Crippen molar-refractivity contribution in [2.75, 3.05) is 13.7 Å². The molecule has 0 aliphatic rings. The molecule has 6 heteroatoms. The summed E-state index contributed by atoms with van der Waals surface area (Å²) in [5, 5.41) is 2.38. The average Bonchev–Trinajstić information content (AvgIpc) is 2.95. The first kappa shape index (κ1) is 12.8. The fourth-order valence-corrected chi connectivity index (χ4v) is 1.41. The number of carbonyl (C=O) groups is 2. The van der Waals surface area contributed by atoms with Gasteiger partial charge in [0.1, 0.15) is 12.8 Å². The van der Waals surface area contributed by atoms with Crippen LogP contribution in [-0.2, 0) is 9.53 Å². The topological polar surface area (TPSA) is 81.4 Å². The Bertz CT molecular complexity index is 577. The highest BCUT2D eigenvalue weighted by molar-refractivity contribution is 5.94. The molecule has 0 bridgehead atoms. The van der Waals surface area contributed by atoms with Crippen LogP contribution in [0.1, 0.15) is 10.5 Å². The molecule has 0 saturated carbocycles. The molecule has 1 N–H and O–H groups in total. The van der Waals surface area contributed by atoms with E-state index in [1.807, 2.05) is 30.3 Å². The summed E-state index contributed by atoms with van der Waals surface area (Å²) in [6.07, 6.45) is 1.24. The van der Waals surface area contributed by atoms with Gasteiger partial charge in [-0.1, -0.05) is 18.2 Å². The minimum absolute atomic E-state index is 0.114. The number of ether oxygens (including phenoxy) is 1. The Hall–Kier alpha value is -2.63. The van der Waals surface area contributed by atoms with E-state index in [1.54, 1.807) is 0 Å². The van der Waals surface area contributed by atoms with Crippen LogP contribution in [0.2, 0.25) is 0 Å². The molecule has 0 unspecified atom stereocenters. The Morgan fingerprint density at radius 1 is 1.32 bits per heavy atom. The van der Waals surface area contributed by atoms with Gasteiger partial charge in [0, 0.05) is 5.56 Å². The van der Waals surface area contributed by atoms with Gasteiger partial charge in [0.05, 0.1) is 7.11 Å². The molecule has 2 aromatic rings. The summed E-state index contributed by atoms with van der Waals surface area (Å²) < 4.78 is 9.63. The second-order valence-corrected chi connectivity index (χ2v) is 3.66. The van der Waals surface area contributed by atoms with Gasteiger partial charge in [-0.2, -0.15) is 0 Å². The zero-order chi connectivity index (χ0) is 13.7. The molecule has 0 fully saturated rings. The van der Waals surface area contributed by atoms with E-state index in [0.717, 1.165) is 5.56 Å². The number of hydrogen-bond donors (Lipinski definition) is 1. The molecule has 1 aromatic carbocycles. The molecule has 0 radical (unpaired) electrons. The minimum Gasteiger partial charge on any atom is -0.468 e. The lowest BCUT2D eigenvalue weighted by Crippen LogP contribution is -2.30. The lowest BCUT2D eigenvalue weighted by molar-refractivity contribution is -0.139. The first-order valence-corrected chi connectivity index (χ1v) is 5.56. The Morgan fingerprint density at radius 2 is 2.05 bits per heavy atom. The first-order valence-electron chi connectivity index (χ1n) is 5.56. The maximum absolute atomic E-state index is 11.7. The van der Waals surface area contributed by atoms with Crippen LogP contribution < -0.4 is 5.32 Å². The smallest absolute Gasteiger partial charge is 0.325 e. The molecule has 0 aliphatic heterocycles. The number of aromatic nitrogens is 1. The number of oxazole rings is 1. The largest absolute Gasteiger partial charge is 0.468 e. The minimum atomic E-state index is -0.528. The van der Waals surface area contributed by atoms with Crippen LogP contribution in [0.5, 0.6) is 0 Å². The Balaban J connectivity index is 2.05. The third kappa shape index (κ3) is 3.19. The lowest BCUT2D eigenvalue weighted by atomic mass is 10.2. The summed E-state index contributed by atoms with van der Waals surface area (Å²) in [5.74, 6) is -0.666. The summed E-state index contributed by atoms with van der Waals surface area (Å²) in [4.78, 5) is 26.6. The van der Waals surface area contributed by atoms with Gasteiger partial charge in [-0.15, -0.1) is 0 Å². The second kappa shape index (κ2) is 5.81. The monoisotopic (exact) mass is 260 g/mol. The molecule has 98 valence electrons. The van der Waals surface area contributed by atoms with Gasteiger partial charge in [0.2, 0.25) is 5.89 Å². The van der Waals surface area contributed by atoms with Crippen molar-refractivity contribution in [2.45, 2.75) is 0 Å². The van der Waals surface area contributed by atoms with Crippen molar-refractivity contribution < 1.29 is 18.7 Å². The van der Waals surface area contributed by atoms with Crippen molar-refractivity contribution in [3.05, 3.63) is 42.3 Å². The van der Waals surface area contributed by atoms with Gasteiger partial charge >= 0.3 is 5.97 Å². The van der Waals surface area contributed by atoms with Crippen LogP contribution in [0.15, 0.2) is 41.0 Å². The van der Waals surface area contributed by atoms with E-state index >= 15 is 0 Å². The van der Waals surface area contributed by atoms with E-state index < -0.39 is 11.9 Å². The molecular weight excluding hydrogens is 248 g/mol. The lowest BCUT2D eigenvalue weighted by Gasteiger charge is -2.00. The molecule has 1 amide bonds. The number of methoxy groups -OCH3 is 1. The maximum atomic E-state index is 11.7. The summed E-state index contributed by atoms with van der Waals surface area (Å²) >= 11 is 0. The van der Waals surface area contributed by atoms with E-state index in [9.17, 15) is 9.59 Å². The van der Waals surface area contributed by atoms with Crippen LogP contribution in [0.4, 0.5) is 0 Å². The predicted molar refractivity (Wildman–Crippen MR) is 66.3 cm³/mol. The number of nitrogens with one attached hydrogen (secondary N) is 1. The maximum Gasteiger partial charge on any atom is 0.325 e. The highest BCUT2D eigenvalue weighted by Crippen LogP contribution is 2.17. The number of benzene rings is 1. The Morgan fingerprint density at radius 3 is 2.74 bits per heavy atom. The summed E-state index contributed by atoms with van der Waals surface area (Å²) in [7, 11) is 1.25. The number of esters is 1. The third-order valence-corrected chi connectivity index (χ3v) is 2.38. The molecule has 1 heterocycles. The van der Waals surface area contributed by atoms with Gasteiger partial charge in [-0.3, -0.25) is 9.59 Å². The average molecular weight is 260 g/mol. The molecule has 6 nitrogen and oxygen atoms in total. The normalized spacial score (nSPS) is 9.95. The standard InChI is InChI=1S/C13H12N2O4/c1-18-11(16)7-14-12(17)10-8-19-13(15-10)9-5-3-2-4-6-9/h2-6,8H,7H2,1H3,(H,14,17). The summed E-state index contributed by atoms with van der Waals surface area (Å²) in [5.41, 5.74) is 0.886. The molecule has 1 aromatic heterocycles. The van der Waals surface area contributed by atoms with Crippen LogP contribution in [-0.4, -0.2) is 30.5 Å². The van der Waals surface area contributed by atoms with Crippen molar-refractivity contribution in [3.8, 4) is 11.5 Å². The molecule has 0 aliphatic carbocycles. The zero-order valence-corrected chi connectivity index (χ0v) is 10.3. The fourth-order valence-electron chi connectivity index (χ4n) is 1.41. The molecule has 0 atom stereocenters. The van der Waals surface area contributed by atoms with Crippen LogP contribution in [0.3, 0.4) is 0 Å². The predicted octanol–water partition coefficient (Wildman–Crippen LogP) is 1.24. The van der Waals surface area contributed by atoms with E-state index in [-0.39, 0.29) is 12.2 Å². The van der Waals surface area contributed by atoms with Gasteiger partial charge in [0.25, 0.3) is 5.91 Å². The zero-order valence-electron chi connectivity index (χ0n) is 10.3. The highest BCUT2D eigenvalue weighted by atomic mass is 16.5. The molecule has 2 rings (SSSR count). The van der Waals surface area contributed by atoms with Gasteiger partial charge in [-0.25, -0.2) is 4.98 Å². The first-order chi connectivity index (χ1) is 9.20. The SMILES string of the molecule is COC(=O)CNC(=O)c1coc(-c2ccccc2)n1. The van der Waals surface area contributed by atoms with E-state index in [1.165, 1.54) is 13.4 Å². The van der Waals surface area contributed by atoms with Crippen molar-refractivity contribution in [1.82, 2.24) is 10.3 Å². The van der Waals surface area contributed by atoms with Crippen molar-refractivity contribution in [1.29, 1.82) is 0 Å². The van der Waals surface area contributed by atoms with Gasteiger partial charge in [0.15, 0.2) is 5.69 Å². The number of nitrogens with zero attached hydrogens (tertiary/aromatic N) is 1. The molecule has 0 spiro atoms. The summed E-state index contributed by atoms with van der Waals surface area (Å²) in [6, 6.07) is 9.20. The van der Waals surface area contributed by atoms with E-state index in [2.05, 4.69) is 15.0 Å². The second-order valence-electron chi connectivity index (χ2n) is 3.66. The molecule has 0 saturated heterocycles.